The van der Waals surface area contributed by atoms with Gasteiger partial charge in [0.1, 0.15) is 36.2 Å². The van der Waals surface area contributed by atoms with Crippen LogP contribution in [0.2, 0.25) is 0 Å². The molecule has 0 aliphatic heterocycles. The van der Waals surface area contributed by atoms with Gasteiger partial charge < -0.3 is 23.7 Å². The van der Waals surface area contributed by atoms with Crippen LogP contribution < -0.4 is 18.9 Å². The minimum absolute atomic E-state index is 0.172. The van der Waals surface area contributed by atoms with E-state index in [9.17, 15) is 16.8 Å². The van der Waals surface area contributed by atoms with Crippen molar-refractivity contribution in [3.8, 4) is 23.0 Å². The van der Waals surface area contributed by atoms with Crippen molar-refractivity contribution in [1.29, 1.82) is 0 Å². The molecular formula is C36H42O9S2. The second-order valence-corrected chi connectivity index (χ2v) is 14.5. The maximum atomic E-state index is 13.0. The third-order valence-corrected chi connectivity index (χ3v) is 10.6. The molecule has 252 valence electrons. The van der Waals surface area contributed by atoms with E-state index in [-0.39, 0.29) is 32.8 Å². The summed E-state index contributed by atoms with van der Waals surface area (Å²) in [6.45, 7) is 6.49. The lowest BCUT2D eigenvalue weighted by molar-refractivity contribution is 0.0764. The molecule has 0 fully saturated rings. The van der Waals surface area contributed by atoms with E-state index in [0.717, 1.165) is 25.7 Å². The first kappa shape index (κ1) is 35.8. The number of unbranched alkanes of at least 4 members (excludes halogenated alkanes) is 2. The monoisotopic (exact) mass is 682 g/mol. The summed E-state index contributed by atoms with van der Waals surface area (Å²) in [6.07, 6.45) is 3.93. The van der Waals surface area contributed by atoms with E-state index >= 15 is 0 Å². The zero-order valence-electron chi connectivity index (χ0n) is 26.8. The Morgan fingerprint density at radius 1 is 0.383 bits per heavy atom. The normalized spacial score (nSPS) is 11.6. The molecule has 0 saturated carbocycles. The van der Waals surface area contributed by atoms with Crippen LogP contribution in [0.5, 0.6) is 23.0 Å². The van der Waals surface area contributed by atoms with Gasteiger partial charge in [-0.1, -0.05) is 26.7 Å². The maximum absolute atomic E-state index is 13.0. The van der Waals surface area contributed by atoms with Crippen molar-refractivity contribution in [3.05, 3.63) is 97.1 Å². The van der Waals surface area contributed by atoms with Crippen molar-refractivity contribution < 1.29 is 40.5 Å². The molecule has 0 saturated heterocycles. The average molecular weight is 683 g/mol. The van der Waals surface area contributed by atoms with Crippen LogP contribution in [0.1, 0.15) is 39.5 Å². The second kappa shape index (κ2) is 17.7. The van der Waals surface area contributed by atoms with E-state index in [1.165, 1.54) is 24.3 Å². The van der Waals surface area contributed by atoms with Gasteiger partial charge in [0.25, 0.3) is 0 Å². The molecule has 0 bridgehead atoms. The molecule has 47 heavy (non-hydrogen) atoms. The number of hydrogen-bond donors (Lipinski definition) is 0. The Kier molecular flexibility index (Phi) is 13.5. The molecule has 0 N–H and O–H groups in total. The quantitative estimate of drug-likeness (QED) is 0.0894. The van der Waals surface area contributed by atoms with E-state index in [4.69, 9.17) is 23.7 Å². The lowest BCUT2D eigenvalue weighted by Crippen LogP contribution is -2.12. The van der Waals surface area contributed by atoms with Crippen molar-refractivity contribution in [2.45, 2.75) is 59.1 Å². The predicted molar refractivity (Wildman–Crippen MR) is 179 cm³/mol. The SMILES string of the molecule is CCCCOc1ccc(S(=O)(=O)c2ccc(OCCOCCOc3ccc(S(=O)(=O)c4ccc(OCCCC)cc4)cc3)cc2)cc1. The van der Waals surface area contributed by atoms with Crippen LogP contribution in [0.3, 0.4) is 0 Å². The van der Waals surface area contributed by atoms with Gasteiger partial charge in [-0.15, -0.1) is 0 Å². The van der Waals surface area contributed by atoms with Crippen LogP contribution in [0.25, 0.3) is 0 Å². The third-order valence-electron chi connectivity index (χ3n) is 7.06. The number of benzene rings is 4. The molecule has 0 spiro atoms. The molecule has 0 amide bonds. The highest BCUT2D eigenvalue weighted by Gasteiger charge is 2.19. The van der Waals surface area contributed by atoms with Gasteiger partial charge in [0.15, 0.2) is 0 Å². The topological polar surface area (TPSA) is 114 Å². The van der Waals surface area contributed by atoms with E-state index in [1.807, 2.05) is 0 Å². The Morgan fingerprint density at radius 3 is 0.894 bits per heavy atom. The molecule has 4 aromatic carbocycles. The van der Waals surface area contributed by atoms with Crippen LogP contribution in [0.4, 0.5) is 0 Å². The predicted octanol–water partition coefficient (Wildman–Crippen LogP) is 7.18. The molecule has 4 rings (SSSR count). The van der Waals surface area contributed by atoms with Crippen molar-refractivity contribution >= 4 is 19.7 Å². The Bertz CT molecular complexity index is 1590. The summed E-state index contributed by atoms with van der Waals surface area (Å²) >= 11 is 0. The Hall–Kier alpha value is -4.06. The van der Waals surface area contributed by atoms with Crippen molar-refractivity contribution in [2.75, 3.05) is 39.6 Å². The van der Waals surface area contributed by atoms with Gasteiger partial charge in [0.05, 0.1) is 46.0 Å². The van der Waals surface area contributed by atoms with Crippen molar-refractivity contribution in [3.63, 3.8) is 0 Å². The smallest absolute Gasteiger partial charge is 0.206 e. The molecular weight excluding hydrogens is 641 g/mol. The molecule has 0 atom stereocenters. The highest BCUT2D eigenvalue weighted by molar-refractivity contribution is 7.91. The molecule has 9 nitrogen and oxygen atoms in total. The molecule has 11 heteroatoms. The molecule has 0 aromatic heterocycles. The molecule has 0 unspecified atom stereocenters. The fourth-order valence-electron chi connectivity index (χ4n) is 4.34. The first-order valence-corrected chi connectivity index (χ1v) is 18.7. The summed E-state index contributed by atoms with van der Waals surface area (Å²) in [5.74, 6) is 2.33. The first-order valence-electron chi connectivity index (χ1n) is 15.7. The van der Waals surface area contributed by atoms with Gasteiger partial charge in [-0.2, -0.15) is 0 Å². The number of ether oxygens (including phenoxy) is 5. The largest absolute Gasteiger partial charge is 0.494 e. The Labute approximate surface area is 278 Å². The zero-order chi connectivity index (χ0) is 33.5. The minimum atomic E-state index is -3.67. The van der Waals surface area contributed by atoms with Gasteiger partial charge in [-0.25, -0.2) is 16.8 Å². The summed E-state index contributed by atoms with van der Waals surface area (Å²) in [6, 6.07) is 25.4. The van der Waals surface area contributed by atoms with Gasteiger partial charge >= 0.3 is 0 Å². The Balaban J connectivity index is 1.15. The second-order valence-electron chi connectivity index (χ2n) is 10.6. The fourth-order valence-corrected chi connectivity index (χ4v) is 6.86. The first-order chi connectivity index (χ1) is 22.7. The van der Waals surface area contributed by atoms with Crippen LogP contribution in [0.15, 0.2) is 117 Å². The van der Waals surface area contributed by atoms with Crippen molar-refractivity contribution in [2.24, 2.45) is 0 Å². The van der Waals surface area contributed by atoms with E-state index in [0.29, 0.717) is 49.4 Å². The lowest BCUT2D eigenvalue weighted by atomic mass is 10.3. The standard InChI is InChI=1S/C36H42O9S2/c1-3-5-23-42-29-7-15-33(16-8-29)46(37,38)35-19-11-31(12-20-35)44-27-25-41-26-28-45-32-13-21-36(22-14-32)47(39,40)34-17-9-30(10-18-34)43-24-6-4-2/h7-22H,3-6,23-28H2,1-2H3. The Morgan fingerprint density at radius 2 is 0.638 bits per heavy atom. The zero-order valence-corrected chi connectivity index (χ0v) is 28.4. The summed E-state index contributed by atoms with van der Waals surface area (Å²) in [5, 5.41) is 0. The summed E-state index contributed by atoms with van der Waals surface area (Å²) in [4.78, 5) is 0.733. The summed E-state index contributed by atoms with van der Waals surface area (Å²) in [5.41, 5.74) is 0. The fraction of sp³-hybridized carbons (Fsp3) is 0.333. The molecule has 0 heterocycles. The summed E-state index contributed by atoms with van der Waals surface area (Å²) in [7, 11) is -7.33. The molecule has 4 aromatic rings. The van der Waals surface area contributed by atoms with Crippen LogP contribution in [-0.2, 0) is 24.4 Å². The summed E-state index contributed by atoms with van der Waals surface area (Å²) < 4.78 is 80.1. The lowest BCUT2D eigenvalue weighted by Gasteiger charge is -2.11. The molecule has 0 radical (unpaired) electrons. The number of sulfone groups is 2. The van der Waals surface area contributed by atoms with Gasteiger partial charge in [-0.05, 0) is 110 Å². The maximum Gasteiger partial charge on any atom is 0.206 e. The van der Waals surface area contributed by atoms with Gasteiger partial charge in [0.2, 0.25) is 19.7 Å². The van der Waals surface area contributed by atoms with Gasteiger partial charge in [0, 0.05) is 0 Å². The molecule has 0 aliphatic carbocycles. The van der Waals surface area contributed by atoms with Crippen LogP contribution in [0, 0.1) is 0 Å². The van der Waals surface area contributed by atoms with Gasteiger partial charge in [-0.3, -0.25) is 0 Å². The highest BCUT2D eigenvalue weighted by Crippen LogP contribution is 2.26. The van der Waals surface area contributed by atoms with Crippen LogP contribution in [-0.4, -0.2) is 56.5 Å². The average Bonchev–Trinajstić information content (AvgIpc) is 3.09. The third kappa shape index (κ3) is 10.5. The van der Waals surface area contributed by atoms with Crippen molar-refractivity contribution in [1.82, 2.24) is 0 Å². The van der Waals surface area contributed by atoms with Crippen LogP contribution >= 0.6 is 0 Å². The molecule has 0 aliphatic rings. The number of rotatable bonds is 20. The van der Waals surface area contributed by atoms with E-state index in [2.05, 4.69) is 13.8 Å². The number of hydrogen-bond acceptors (Lipinski definition) is 9. The van der Waals surface area contributed by atoms with E-state index in [1.54, 1.807) is 72.8 Å². The minimum Gasteiger partial charge on any atom is -0.494 e. The van der Waals surface area contributed by atoms with E-state index < -0.39 is 19.7 Å². The highest BCUT2D eigenvalue weighted by atomic mass is 32.2.